The van der Waals surface area contributed by atoms with E-state index in [4.69, 9.17) is 17.3 Å². The Morgan fingerprint density at radius 2 is 1.86 bits per heavy atom. The van der Waals surface area contributed by atoms with E-state index >= 15 is 0 Å². The van der Waals surface area contributed by atoms with Gasteiger partial charge in [-0.1, -0.05) is 23.7 Å². The second-order valence-electron chi connectivity index (χ2n) is 4.26. The van der Waals surface area contributed by atoms with Gasteiger partial charge in [-0.15, -0.1) is 3.97 Å². The van der Waals surface area contributed by atoms with E-state index in [-0.39, 0.29) is 15.9 Å². The highest BCUT2D eigenvalue weighted by atomic mass is 35.5. The first kappa shape index (κ1) is 15.3. The zero-order chi connectivity index (χ0) is 15.8. The van der Waals surface area contributed by atoms with E-state index in [0.29, 0.717) is 3.97 Å². The number of hydrogen-bond acceptors (Lipinski definition) is 7. The Hall–Kier alpha value is -2.13. The molecule has 0 aliphatic carbocycles. The minimum Gasteiger partial charge on any atom is -0.368 e. The number of halogens is 1. The van der Waals surface area contributed by atoms with Crippen molar-refractivity contribution in [3.05, 3.63) is 39.8 Å². The zero-order valence-electron chi connectivity index (χ0n) is 11.2. The van der Waals surface area contributed by atoms with Crippen LogP contribution < -0.4 is 16.3 Å². The molecule has 0 atom stereocenters. The lowest BCUT2D eigenvalue weighted by molar-refractivity contribution is 0.583. The quantitative estimate of drug-likeness (QED) is 0.854. The fourth-order valence-electron chi connectivity index (χ4n) is 1.58. The number of rotatable bonds is 3. The summed E-state index contributed by atoms with van der Waals surface area (Å²) in [5.74, 6) is -0.471. The van der Waals surface area contributed by atoms with E-state index < -0.39 is 21.7 Å². The lowest BCUT2D eigenvalue weighted by atomic mass is 10.4. The first-order chi connectivity index (χ1) is 9.75. The number of hydrogen-bond donors (Lipinski definition) is 1. The van der Waals surface area contributed by atoms with Gasteiger partial charge in [0, 0.05) is 14.1 Å². The minimum atomic E-state index is -4.27. The average molecular weight is 330 g/mol. The normalized spacial score (nSPS) is 11.4. The summed E-state index contributed by atoms with van der Waals surface area (Å²) in [6, 6.07) is 5.71. The molecule has 1 aromatic carbocycles. The minimum absolute atomic E-state index is 0.0168. The lowest BCUT2D eigenvalue weighted by Gasteiger charge is -2.13. The molecule has 0 amide bonds. The second kappa shape index (κ2) is 5.34. The largest absolute Gasteiger partial charge is 0.368 e. The van der Waals surface area contributed by atoms with Crippen LogP contribution in [0.1, 0.15) is 0 Å². The molecular formula is C11H12ClN5O3S. The molecule has 2 rings (SSSR count). The van der Waals surface area contributed by atoms with Gasteiger partial charge in [0.1, 0.15) is 4.90 Å². The molecule has 2 N–H and O–H groups in total. The Labute approximate surface area is 125 Å². The molecule has 2 aromatic rings. The van der Waals surface area contributed by atoms with Crippen molar-refractivity contribution in [3.8, 4) is 0 Å². The van der Waals surface area contributed by atoms with Crippen LogP contribution in [-0.4, -0.2) is 36.5 Å². The average Bonchev–Trinajstić information content (AvgIpc) is 2.37. The van der Waals surface area contributed by atoms with Gasteiger partial charge in [0.25, 0.3) is 10.0 Å². The Bertz CT molecular complexity index is 847. The van der Waals surface area contributed by atoms with Crippen LogP contribution in [-0.2, 0) is 10.0 Å². The van der Waals surface area contributed by atoms with Crippen molar-refractivity contribution in [2.75, 3.05) is 24.7 Å². The molecule has 0 bridgehead atoms. The van der Waals surface area contributed by atoms with Crippen LogP contribution in [0.3, 0.4) is 0 Å². The summed E-state index contributed by atoms with van der Waals surface area (Å²) in [7, 11) is -1.07. The van der Waals surface area contributed by atoms with Gasteiger partial charge in [0.15, 0.2) is 0 Å². The summed E-state index contributed by atoms with van der Waals surface area (Å²) in [6.45, 7) is 0. The maximum Gasteiger partial charge on any atom is 0.368 e. The SMILES string of the molecule is CN(C)c1nc(N)n(S(=O)(=O)c2ccccc2Cl)c(=O)n1. The third-order valence-corrected chi connectivity index (χ3v) is 4.72. The van der Waals surface area contributed by atoms with Crippen LogP contribution >= 0.6 is 11.6 Å². The van der Waals surface area contributed by atoms with Crippen LogP contribution in [0.25, 0.3) is 0 Å². The predicted octanol–water partition coefficient (Wildman–Crippen LogP) is 0.177. The van der Waals surface area contributed by atoms with E-state index in [1.54, 1.807) is 20.2 Å². The van der Waals surface area contributed by atoms with Crippen molar-refractivity contribution in [1.82, 2.24) is 13.9 Å². The van der Waals surface area contributed by atoms with E-state index in [0.717, 1.165) is 0 Å². The van der Waals surface area contributed by atoms with Crippen LogP contribution in [0.15, 0.2) is 34.0 Å². The molecule has 0 aliphatic rings. The molecule has 1 aromatic heterocycles. The Morgan fingerprint density at radius 1 is 1.24 bits per heavy atom. The number of nitrogens with zero attached hydrogens (tertiary/aromatic N) is 4. The molecule has 21 heavy (non-hydrogen) atoms. The maximum absolute atomic E-state index is 12.5. The molecule has 112 valence electrons. The molecular weight excluding hydrogens is 318 g/mol. The molecule has 1 heterocycles. The van der Waals surface area contributed by atoms with Crippen molar-refractivity contribution >= 4 is 33.5 Å². The summed E-state index contributed by atoms with van der Waals surface area (Å²) in [5, 5.41) is -0.0273. The van der Waals surface area contributed by atoms with E-state index in [1.807, 2.05) is 0 Å². The van der Waals surface area contributed by atoms with Crippen LogP contribution in [0, 0.1) is 0 Å². The third-order valence-electron chi connectivity index (χ3n) is 2.55. The number of benzene rings is 1. The number of anilines is 2. The molecule has 0 radical (unpaired) electrons. The van der Waals surface area contributed by atoms with Gasteiger partial charge in [0.2, 0.25) is 11.9 Å². The summed E-state index contributed by atoms with van der Waals surface area (Å²) in [5.41, 5.74) is 4.55. The number of nitrogen functional groups attached to an aromatic ring is 1. The van der Waals surface area contributed by atoms with Gasteiger partial charge in [-0.2, -0.15) is 9.97 Å². The molecule has 0 spiro atoms. The molecule has 0 saturated heterocycles. The van der Waals surface area contributed by atoms with Gasteiger partial charge in [0.05, 0.1) is 5.02 Å². The fourth-order valence-corrected chi connectivity index (χ4v) is 3.30. The summed E-state index contributed by atoms with van der Waals surface area (Å²) in [4.78, 5) is 20.5. The van der Waals surface area contributed by atoms with Crippen molar-refractivity contribution in [2.24, 2.45) is 0 Å². The Morgan fingerprint density at radius 3 is 2.38 bits per heavy atom. The Balaban J connectivity index is 2.73. The third kappa shape index (κ3) is 2.69. The highest BCUT2D eigenvalue weighted by molar-refractivity contribution is 7.90. The molecule has 10 heteroatoms. The van der Waals surface area contributed by atoms with Crippen molar-refractivity contribution in [2.45, 2.75) is 4.90 Å². The topological polar surface area (TPSA) is 111 Å². The molecule has 0 aliphatic heterocycles. The van der Waals surface area contributed by atoms with Gasteiger partial charge in [-0.05, 0) is 12.1 Å². The highest BCUT2D eigenvalue weighted by Gasteiger charge is 2.25. The van der Waals surface area contributed by atoms with Crippen LogP contribution in [0.2, 0.25) is 5.02 Å². The van der Waals surface area contributed by atoms with Crippen LogP contribution in [0.5, 0.6) is 0 Å². The van der Waals surface area contributed by atoms with E-state index in [1.165, 1.54) is 23.1 Å². The van der Waals surface area contributed by atoms with Crippen molar-refractivity contribution in [1.29, 1.82) is 0 Å². The maximum atomic E-state index is 12.5. The molecule has 8 nitrogen and oxygen atoms in total. The molecule has 0 unspecified atom stereocenters. The first-order valence-corrected chi connectivity index (χ1v) is 7.51. The number of aromatic nitrogens is 3. The zero-order valence-corrected chi connectivity index (χ0v) is 12.8. The molecule has 0 fully saturated rings. The van der Waals surface area contributed by atoms with Gasteiger partial charge >= 0.3 is 5.69 Å². The smallest absolute Gasteiger partial charge is 0.368 e. The van der Waals surface area contributed by atoms with Gasteiger partial charge in [-0.3, -0.25) is 0 Å². The van der Waals surface area contributed by atoms with Crippen molar-refractivity contribution < 1.29 is 8.42 Å². The number of nitrogens with two attached hydrogens (primary N) is 1. The fraction of sp³-hybridized carbons (Fsp3) is 0.182. The monoisotopic (exact) mass is 329 g/mol. The lowest BCUT2D eigenvalue weighted by Crippen LogP contribution is -2.34. The highest BCUT2D eigenvalue weighted by Crippen LogP contribution is 2.23. The predicted molar refractivity (Wildman–Crippen MR) is 79.1 cm³/mol. The van der Waals surface area contributed by atoms with Crippen molar-refractivity contribution in [3.63, 3.8) is 0 Å². The Kier molecular flexibility index (Phi) is 3.88. The van der Waals surface area contributed by atoms with E-state index in [2.05, 4.69) is 9.97 Å². The van der Waals surface area contributed by atoms with Gasteiger partial charge in [-0.25, -0.2) is 13.2 Å². The summed E-state index contributed by atoms with van der Waals surface area (Å²) < 4.78 is 25.3. The standard InChI is InChI=1S/C11H12ClN5O3S/c1-16(2)10-14-9(13)17(11(18)15-10)21(19,20)8-6-4-3-5-7(8)12/h3-6H,1-2H3,(H2,13,14,15,18). The second-order valence-corrected chi connectivity index (χ2v) is 6.42. The molecule has 0 saturated carbocycles. The van der Waals surface area contributed by atoms with E-state index in [9.17, 15) is 13.2 Å². The summed E-state index contributed by atoms with van der Waals surface area (Å²) in [6.07, 6.45) is 0. The first-order valence-electron chi connectivity index (χ1n) is 5.69. The van der Waals surface area contributed by atoms with Gasteiger partial charge < -0.3 is 10.6 Å². The van der Waals surface area contributed by atoms with Crippen LogP contribution in [0.4, 0.5) is 11.9 Å². The summed E-state index contributed by atoms with van der Waals surface area (Å²) >= 11 is 5.86.